The predicted molar refractivity (Wildman–Crippen MR) is 256 cm³/mol. The van der Waals surface area contributed by atoms with Crippen LogP contribution in [0.4, 0.5) is 13.2 Å². The summed E-state index contributed by atoms with van der Waals surface area (Å²) in [6, 6.07) is 59.6. The molecule has 68 heavy (non-hydrogen) atoms. The van der Waals surface area contributed by atoms with Crippen molar-refractivity contribution in [1.29, 1.82) is 21.0 Å². The average molecular weight is 883 g/mol. The van der Waals surface area contributed by atoms with Crippen LogP contribution in [0.25, 0.3) is 100 Å². The maximum absolute atomic E-state index is 15.8. The van der Waals surface area contributed by atoms with Crippen molar-refractivity contribution < 1.29 is 13.2 Å². The first-order valence-corrected chi connectivity index (χ1v) is 21.3. The smallest absolute Gasteiger partial charge is 0.309 e. The van der Waals surface area contributed by atoms with Gasteiger partial charge in [0.1, 0.15) is 0 Å². The fourth-order valence-corrected chi connectivity index (χ4v) is 9.18. The van der Waals surface area contributed by atoms with E-state index in [1.165, 1.54) is 12.1 Å². The first-order valence-electron chi connectivity index (χ1n) is 21.3. The molecule has 3 aromatic heterocycles. The van der Waals surface area contributed by atoms with E-state index in [4.69, 9.17) is 9.97 Å². The van der Waals surface area contributed by atoms with Crippen LogP contribution in [0.1, 0.15) is 27.8 Å². The molecule has 0 aliphatic rings. The lowest BCUT2D eigenvalue weighted by Gasteiger charge is -2.21. The molecule has 0 aliphatic heterocycles. The van der Waals surface area contributed by atoms with E-state index in [-0.39, 0.29) is 17.0 Å². The number of benzene rings is 8. The van der Waals surface area contributed by atoms with Crippen LogP contribution in [-0.4, -0.2) is 19.1 Å². The first-order chi connectivity index (χ1) is 33.1. The van der Waals surface area contributed by atoms with Gasteiger partial charge in [-0.05, 0) is 121 Å². The highest BCUT2D eigenvalue weighted by Crippen LogP contribution is 2.45. The summed E-state index contributed by atoms with van der Waals surface area (Å²) in [7, 11) is 0. The number of aromatic nitrogens is 4. The lowest BCUT2D eigenvalue weighted by atomic mass is 9.94. The normalized spacial score (nSPS) is 11.4. The zero-order valence-electron chi connectivity index (χ0n) is 35.5. The third-order valence-electron chi connectivity index (χ3n) is 12.3. The highest BCUT2D eigenvalue weighted by atomic mass is 19.4. The summed E-state index contributed by atoms with van der Waals surface area (Å²) >= 11 is 0. The van der Waals surface area contributed by atoms with Gasteiger partial charge in [-0.1, -0.05) is 60.7 Å². The van der Waals surface area contributed by atoms with E-state index in [0.29, 0.717) is 94.2 Å². The largest absolute Gasteiger partial charge is 0.417 e. The van der Waals surface area contributed by atoms with Crippen LogP contribution in [0.3, 0.4) is 0 Å². The molecule has 0 saturated heterocycles. The topological polar surface area (TPSA) is 131 Å². The van der Waals surface area contributed by atoms with E-state index in [1.54, 1.807) is 91.0 Å². The molecule has 8 aromatic carbocycles. The van der Waals surface area contributed by atoms with Crippen LogP contribution in [0.15, 0.2) is 176 Å². The quantitative estimate of drug-likeness (QED) is 0.163. The summed E-state index contributed by atoms with van der Waals surface area (Å²) in [4.78, 5) is 10.1. The van der Waals surface area contributed by atoms with Crippen molar-refractivity contribution in [2.75, 3.05) is 0 Å². The summed E-state index contributed by atoms with van der Waals surface area (Å²) in [6.45, 7) is 0. The predicted octanol–water partition coefficient (Wildman–Crippen LogP) is 13.8. The molecule has 0 aliphatic carbocycles. The molecule has 0 spiro atoms. The molecule has 0 atom stereocenters. The Kier molecular flexibility index (Phi) is 9.64. The van der Waals surface area contributed by atoms with Crippen molar-refractivity contribution >= 4 is 43.6 Å². The Morgan fingerprint density at radius 1 is 0.397 bits per heavy atom. The molecule has 8 nitrogen and oxygen atoms in total. The number of alkyl halides is 3. The maximum Gasteiger partial charge on any atom is 0.417 e. The number of fused-ring (bicyclic) bond motifs is 6. The Morgan fingerprint density at radius 2 is 0.838 bits per heavy atom. The summed E-state index contributed by atoms with van der Waals surface area (Å²) in [5.74, 6) is 0.284. The van der Waals surface area contributed by atoms with E-state index in [0.717, 1.165) is 17.2 Å². The minimum absolute atomic E-state index is 0.149. The molecule has 11 aromatic rings. The third kappa shape index (κ3) is 6.84. The fourth-order valence-electron chi connectivity index (χ4n) is 9.18. The molecule has 11 rings (SSSR count). The van der Waals surface area contributed by atoms with Crippen LogP contribution in [0, 0.1) is 45.3 Å². The lowest BCUT2D eigenvalue weighted by Crippen LogP contribution is -2.10. The SMILES string of the molecule is N#Cc1ccc2c(c1)c1cc(C#N)ccc1n2-c1ccc(C(F)(F)F)c(-c2cc(-c3nc(-c4ccccc4)cc(-c4ccccc4)n3)ccc2-n2c3ccc(C#N)cc3c3cc(C#N)ccc32)c1. The Bertz CT molecular complexity index is 3860. The van der Waals surface area contributed by atoms with Crippen LogP contribution < -0.4 is 0 Å². The zero-order chi connectivity index (χ0) is 46.7. The average Bonchev–Trinajstić information content (AvgIpc) is 3.89. The second kappa shape index (κ2) is 16.0. The molecule has 0 radical (unpaired) electrons. The monoisotopic (exact) mass is 882 g/mol. The number of hydrogen-bond acceptors (Lipinski definition) is 6. The molecule has 0 unspecified atom stereocenters. The van der Waals surface area contributed by atoms with E-state index < -0.39 is 11.7 Å². The highest BCUT2D eigenvalue weighted by molar-refractivity contribution is 6.12. The van der Waals surface area contributed by atoms with Crippen LogP contribution in [0.2, 0.25) is 0 Å². The van der Waals surface area contributed by atoms with Gasteiger partial charge in [0, 0.05) is 49.5 Å². The van der Waals surface area contributed by atoms with Gasteiger partial charge in [0.2, 0.25) is 0 Å². The Morgan fingerprint density at radius 3 is 1.26 bits per heavy atom. The molecular weight excluding hydrogens is 854 g/mol. The molecule has 0 amide bonds. The van der Waals surface area contributed by atoms with Gasteiger partial charge >= 0.3 is 6.18 Å². The Hall–Kier alpha value is -9.81. The number of halogens is 3. The van der Waals surface area contributed by atoms with Crippen molar-refractivity contribution in [3.8, 4) is 80.7 Å². The summed E-state index contributed by atoms with van der Waals surface area (Å²) < 4.78 is 51.0. The maximum atomic E-state index is 15.8. The molecular formula is C57H29F3N8. The third-order valence-corrected chi connectivity index (χ3v) is 12.3. The number of hydrogen-bond donors (Lipinski definition) is 0. The molecule has 11 heteroatoms. The van der Waals surface area contributed by atoms with Crippen molar-refractivity contribution in [2.45, 2.75) is 6.18 Å². The van der Waals surface area contributed by atoms with Crippen molar-refractivity contribution in [3.05, 3.63) is 204 Å². The lowest BCUT2D eigenvalue weighted by molar-refractivity contribution is -0.137. The van der Waals surface area contributed by atoms with E-state index >= 15 is 13.2 Å². The number of nitriles is 4. The Labute approximate surface area is 386 Å². The van der Waals surface area contributed by atoms with Gasteiger partial charge in [-0.3, -0.25) is 0 Å². The molecule has 0 N–H and O–H groups in total. The molecule has 318 valence electrons. The highest BCUT2D eigenvalue weighted by Gasteiger charge is 2.35. The van der Waals surface area contributed by atoms with E-state index in [9.17, 15) is 21.0 Å². The summed E-state index contributed by atoms with van der Waals surface area (Å²) in [5.41, 5.74) is 7.23. The van der Waals surface area contributed by atoms with Gasteiger partial charge in [0.05, 0.1) is 91.2 Å². The first kappa shape index (κ1) is 40.9. The van der Waals surface area contributed by atoms with Crippen molar-refractivity contribution in [2.24, 2.45) is 0 Å². The molecule has 0 fully saturated rings. The zero-order valence-corrected chi connectivity index (χ0v) is 35.5. The van der Waals surface area contributed by atoms with Crippen LogP contribution in [0.5, 0.6) is 0 Å². The van der Waals surface area contributed by atoms with Crippen LogP contribution in [-0.2, 0) is 6.18 Å². The fraction of sp³-hybridized carbons (Fsp3) is 0.0175. The minimum atomic E-state index is -4.83. The van der Waals surface area contributed by atoms with Gasteiger partial charge in [0.25, 0.3) is 0 Å². The van der Waals surface area contributed by atoms with Gasteiger partial charge in [0.15, 0.2) is 5.82 Å². The molecule has 3 heterocycles. The van der Waals surface area contributed by atoms with Crippen molar-refractivity contribution in [3.63, 3.8) is 0 Å². The number of rotatable bonds is 6. The van der Waals surface area contributed by atoms with Gasteiger partial charge < -0.3 is 9.13 Å². The second-order valence-electron chi connectivity index (χ2n) is 16.2. The van der Waals surface area contributed by atoms with Gasteiger partial charge in [-0.15, -0.1) is 0 Å². The summed E-state index contributed by atoms with van der Waals surface area (Å²) in [5, 5.41) is 42.2. The van der Waals surface area contributed by atoms with Gasteiger partial charge in [-0.2, -0.15) is 34.2 Å². The van der Waals surface area contributed by atoms with E-state index in [1.807, 2.05) is 75.9 Å². The Balaban J connectivity index is 1.25. The van der Waals surface area contributed by atoms with Crippen molar-refractivity contribution in [1.82, 2.24) is 19.1 Å². The van der Waals surface area contributed by atoms with E-state index in [2.05, 4.69) is 24.3 Å². The molecule has 0 bridgehead atoms. The second-order valence-corrected chi connectivity index (χ2v) is 16.2. The van der Waals surface area contributed by atoms with Gasteiger partial charge in [-0.25, -0.2) is 9.97 Å². The molecule has 0 saturated carbocycles. The van der Waals surface area contributed by atoms with Crippen LogP contribution >= 0.6 is 0 Å². The minimum Gasteiger partial charge on any atom is -0.309 e. The number of nitrogens with zero attached hydrogens (tertiary/aromatic N) is 8. The summed E-state index contributed by atoms with van der Waals surface area (Å²) in [6.07, 6.45) is -4.83. The standard InChI is InChI=1S/C57H29F3N8/c58-57(59,60)48-17-16-41(67-51-18-11-34(30-61)23-43(51)44-24-35(31-62)12-19-52(44)67)28-42(48)47-27-40(56-65-49(38-7-3-1-4-8-38)29-50(66-56)39-9-5-2-6-10-39)15-22-55(47)68-53-20-13-36(32-63)25-45(53)46-26-37(33-64)14-21-54(46)68/h1-29H.